The van der Waals surface area contributed by atoms with E-state index in [2.05, 4.69) is 0 Å². The van der Waals surface area contributed by atoms with Gasteiger partial charge in [0.15, 0.2) is 0 Å². The van der Waals surface area contributed by atoms with Crippen molar-refractivity contribution in [1.29, 1.82) is 0 Å². The van der Waals surface area contributed by atoms with Crippen LogP contribution in [0.1, 0.15) is 45.4 Å². The van der Waals surface area contributed by atoms with Crippen LogP contribution in [0.5, 0.6) is 0 Å². The largest absolute Gasteiger partial charge is 0.481 e. The van der Waals surface area contributed by atoms with Crippen molar-refractivity contribution in [2.24, 2.45) is 5.41 Å². The Labute approximate surface area is 78.8 Å². The molecule has 13 heavy (non-hydrogen) atoms. The molecule has 0 aromatic heterocycles. The van der Waals surface area contributed by atoms with Crippen LogP contribution in [0.25, 0.3) is 0 Å². The van der Waals surface area contributed by atoms with Crippen molar-refractivity contribution in [2.45, 2.75) is 51.6 Å². The fraction of sp³-hybridized carbons (Fsp3) is 0.900. The first kappa shape index (κ1) is 10.5. The number of carbonyl (C=O) groups is 1. The van der Waals surface area contributed by atoms with Crippen LogP contribution in [0, 0.1) is 5.41 Å². The van der Waals surface area contributed by atoms with Crippen molar-refractivity contribution in [2.75, 3.05) is 0 Å². The van der Waals surface area contributed by atoms with Gasteiger partial charge in [0.2, 0.25) is 0 Å². The molecular formula is C10H18O3. The van der Waals surface area contributed by atoms with Gasteiger partial charge >= 0.3 is 5.97 Å². The number of aliphatic hydroxyl groups excluding tert-OH is 1. The van der Waals surface area contributed by atoms with Gasteiger partial charge in [-0.3, -0.25) is 4.79 Å². The monoisotopic (exact) mass is 186 g/mol. The maximum atomic E-state index is 10.7. The molecule has 1 aliphatic carbocycles. The summed E-state index contributed by atoms with van der Waals surface area (Å²) in [5.41, 5.74) is -0.343. The summed E-state index contributed by atoms with van der Waals surface area (Å²) < 4.78 is 0. The molecule has 2 N–H and O–H groups in total. The second-order valence-corrected chi connectivity index (χ2v) is 4.17. The summed E-state index contributed by atoms with van der Waals surface area (Å²) in [6.45, 7) is 1.72. The van der Waals surface area contributed by atoms with Crippen LogP contribution in [0.2, 0.25) is 0 Å². The van der Waals surface area contributed by atoms with Gasteiger partial charge in [0.25, 0.3) is 0 Å². The lowest BCUT2D eigenvalue weighted by Gasteiger charge is -2.38. The van der Waals surface area contributed by atoms with Crippen LogP contribution in [0.4, 0.5) is 0 Å². The van der Waals surface area contributed by atoms with Gasteiger partial charge in [0, 0.05) is 5.41 Å². The minimum Gasteiger partial charge on any atom is -0.481 e. The molecule has 0 bridgehead atoms. The summed E-state index contributed by atoms with van der Waals surface area (Å²) in [4.78, 5) is 10.7. The lowest BCUT2D eigenvalue weighted by atomic mass is 9.68. The van der Waals surface area contributed by atoms with E-state index >= 15 is 0 Å². The summed E-state index contributed by atoms with van der Waals surface area (Å²) in [7, 11) is 0. The molecule has 3 heteroatoms. The first-order valence-electron chi connectivity index (χ1n) is 4.97. The summed E-state index contributed by atoms with van der Waals surface area (Å²) in [6, 6.07) is 0. The highest BCUT2D eigenvalue weighted by atomic mass is 16.4. The maximum absolute atomic E-state index is 10.7. The molecule has 0 radical (unpaired) electrons. The third-order valence-corrected chi connectivity index (χ3v) is 3.24. The number of carboxylic acid groups (broad SMARTS) is 1. The van der Waals surface area contributed by atoms with Crippen molar-refractivity contribution < 1.29 is 15.0 Å². The van der Waals surface area contributed by atoms with Gasteiger partial charge in [-0.15, -0.1) is 0 Å². The molecule has 1 saturated carbocycles. The minimum atomic E-state index is -0.789. The number of hydrogen-bond acceptors (Lipinski definition) is 2. The lowest BCUT2D eigenvalue weighted by Crippen LogP contribution is -2.37. The summed E-state index contributed by atoms with van der Waals surface area (Å²) in [5, 5.41) is 18.4. The van der Waals surface area contributed by atoms with Crippen molar-refractivity contribution in [3.05, 3.63) is 0 Å². The zero-order valence-corrected chi connectivity index (χ0v) is 8.12. The molecule has 0 heterocycles. The standard InChI is InChI=1S/C10H18O3/c1-8(11)10(7-9(12)13)5-3-2-4-6-10/h8,11H,2-7H2,1H3,(H,12,13). The van der Waals surface area contributed by atoms with E-state index in [1.807, 2.05) is 0 Å². The quantitative estimate of drug-likeness (QED) is 0.706. The topological polar surface area (TPSA) is 57.5 Å². The summed E-state index contributed by atoms with van der Waals surface area (Å²) in [6.07, 6.45) is 4.62. The molecule has 0 spiro atoms. The van der Waals surface area contributed by atoms with Crippen LogP contribution in [0.15, 0.2) is 0 Å². The van der Waals surface area contributed by atoms with E-state index in [9.17, 15) is 9.90 Å². The minimum absolute atomic E-state index is 0.116. The van der Waals surface area contributed by atoms with Gasteiger partial charge in [0.05, 0.1) is 12.5 Å². The van der Waals surface area contributed by atoms with E-state index in [0.29, 0.717) is 0 Å². The van der Waals surface area contributed by atoms with Crippen LogP contribution in [-0.4, -0.2) is 22.3 Å². The van der Waals surface area contributed by atoms with Gasteiger partial charge in [-0.25, -0.2) is 0 Å². The Morgan fingerprint density at radius 3 is 2.31 bits per heavy atom. The number of aliphatic hydroxyl groups is 1. The number of carboxylic acids is 1. The molecule has 1 aliphatic rings. The molecule has 3 nitrogen and oxygen atoms in total. The molecule has 0 aliphatic heterocycles. The molecule has 1 atom stereocenters. The second-order valence-electron chi connectivity index (χ2n) is 4.17. The number of rotatable bonds is 3. The Morgan fingerprint density at radius 2 is 1.92 bits per heavy atom. The average molecular weight is 186 g/mol. The van der Waals surface area contributed by atoms with Crippen LogP contribution in [0.3, 0.4) is 0 Å². The predicted octanol–water partition coefficient (Wildman–Crippen LogP) is 1.79. The summed E-state index contributed by atoms with van der Waals surface area (Å²) in [5.74, 6) is -0.789. The van der Waals surface area contributed by atoms with E-state index in [1.54, 1.807) is 6.92 Å². The zero-order valence-electron chi connectivity index (χ0n) is 8.12. The Bertz CT molecular complexity index is 181. The number of aliphatic carboxylic acids is 1. The van der Waals surface area contributed by atoms with E-state index in [0.717, 1.165) is 25.7 Å². The predicted molar refractivity (Wildman–Crippen MR) is 49.5 cm³/mol. The van der Waals surface area contributed by atoms with Crippen LogP contribution >= 0.6 is 0 Å². The Morgan fingerprint density at radius 1 is 1.38 bits per heavy atom. The highest BCUT2D eigenvalue weighted by Crippen LogP contribution is 2.42. The fourth-order valence-electron chi connectivity index (χ4n) is 2.30. The molecule has 1 rings (SSSR count). The Hall–Kier alpha value is -0.570. The van der Waals surface area contributed by atoms with Crippen molar-refractivity contribution in [1.82, 2.24) is 0 Å². The van der Waals surface area contributed by atoms with Gasteiger partial charge in [0.1, 0.15) is 0 Å². The molecule has 1 unspecified atom stereocenters. The fourth-order valence-corrected chi connectivity index (χ4v) is 2.30. The maximum Gasteiger partial charge on any atom is 0.304 e. The SMILES string of the molecule is CC(O)C1(CC(=O)O)CCCCC1. The Kier molecular flexibility index (Phi) is 3.31. The second kappa shape index (κ2) is 4.09. The van der Waals surface area contributed by atoms with Crippen LogP contribution in [-0.2, 0) is 4.79 Å². The highest BCUT2D eigenvalue weighted by Gasteiger charge is 2.38. The van der Waals surface area contributed by atoms with Crippen LogP contribution < -0.4 is 0 Å². The van der Waals surface area contributed by atoms with E-state index in [-0.39, 0.29) is 11.8 Å². The molecular weight excluding hydrogens is 168 g/mol. The van der Waals surface area contributed by atoms with Gasteiger partial charge in [-0.1, -0.05) is 19.3 Å². The lowest BCUT2D eigenvalue weighted by molar-refractivity contribution is -0.143. The summed E-state index contributed by atoms with van der Waals surface area (Å²) >= 11 is 0. The Balaban J connectivity index is 2.67. The molecule has 0 amide bonds. The smallest absolute Gasteiger partial charge is 0.304 e. The van der Waals surface area contributed by atoms with E-state index in [4.69, 9.17) is 5.11 Å². The average Bonchev–Trinajstić information content (AvgIpc) is 2.04. The molecule has 1 fully saturated rings. The normalized spacial score (nSPS) is 23.8. The van der Waals surface area contributed by atoms with Crippen molar-refractivity contribution >= 4 is 5.97 Å². The molecule has 0 aromatic carbocycles. The van der Waals surface area contributed by atoms with Gasteiger partial charge in [-0.05, 0) is 19.8 Å². The van der Waals surface area contributed by atoms with E-state index < -0.39 is 12.1 Å². The molecule has 0 saturated heterocycles. The highest BCUT2D eigenvalue weighted by molar-refractivity contribution is 5.67. The van der Waals surface area contributed by atoms with Crippen molar-refractivity contribution in [3.8, 4) is 0 Å². The third-order valence-electron chi connectivity index (χ3n) is 3.24. The first-order valence-corrected chi connectivity index (χ1v) is 4.97. The van der Waals surface area contributed by atoms with E-state index in [1.165, 1.54) is 6.42 Å². The number of hydrogen-bond donors (Lipinski definition) is 2. The van der Waals surface area contributed by atoms with Gasteiger partial charge in [-0.2, -0.15) is 0 Å². The zero-order chi connectivity index (χ0) is 9.90. The van der Waals surface area contributed by atoms with Crippen molar-refractivity contribution in [3.63, 3.8) is 0 Å². The third kappa shape index (κ3) is 2.44. The molecule has 0 aromatic rings. The van der Waals surface area contributed by atoms with Gasteiger partial charge < -0.3 is 10.2 Å². The molecule has 76 valence electrons. The first-order chi connectivity index (χ1) is 6.07.